The molecular formula is C29H40N2O5S. The van der Waals surface area contributed by atoms with Crippen molar-refractivity contribution in [2.24, 2.45) is 5.41 Å². The number of sulfonamides is 1. The Morgan fingerprint density at radius 2 is 1.54 bits per heavy atom. The van der Waals surface area contributed by atoms with Crippen LogP contribution in [0.1, 0.15) is 128 Å². The average molecular weight is 529 g/mol. The van der Waals surface area contributed by atoms with Crippen LogP contribution < -0.4 is 0 Å². The van der Waals surface area contributed by atoms with E-state index in [9.17, 15) is 13.2 Å². The van der Waals surface area contributed by atoms with Crippen LogP contribution in [0.15, 0.2) is 33.6 Å². The van der Waals surface area contributed by atoms with Crippen LogP contribution in [-0.2, 0) is 14.8 Å². The Labute approximate surface area is 221 Å². The van der Waals surface area contributed by atoms with E-state index in [1.54, 1.807) is 53.7 Å². The normalized spacial score (nSPS) is 23.6. The zero-order valence-electron chi connectivity index (χ0n) is 23.3. The summed E-state index contributed by atoms with van der Waals surface area (Å²) in [6, 6.07) is 6.92. The number of nitrogens with zero attached hydrogens (tertiary/aromatic N) is 2. The summed E-state index contributed by atoms with van der Waals surface area (Å²) in [4.78, 5) is 18.0. The summed E-state index contributed by atoms with van der Waals surface area (Å²) in [6.07, 6.45) is 3.91. The molecule has 202 valence electrons. The molecule has 1 amide bonds. The summed E-state index contributed by atoms with van der Waals surface area (Å²) in [7, 11) is -4.13. The second kappa shape index (κ2) is 8.32. The van der Waals surface area contributed by atoms with E-state index in [1.165, 1.54) is 31.4 Å². The van der Waals surface area contributed by atoms with Gasteiger partial charge in [0.05, 0.1) is 16.1 Å². The van der Waals surface area contributed by atoms with Crippen LogP contribution in [0, 0.1) is 5.41 Å². The third-order valence-electron chi connectivity index (χ3n) is 7.65. The Morgan fingerprint density at radius 1 is 0.973 bits per heavy atom. The lowest BCUT2D eigenvalue weighted by Gasteiger charge is -2.35. The van der Waals surface area contributed by atoms with Gasteiger partial charge in [-0.25, -0.2) is 18.2 Å². The van der Waals surface area contributed by atoms with Crippen molar-refractivity contribution in [1.82, 2.24) is 9.29 Å². The average Bonchev–Trinajstić information content (AvgIpc) is 3.65. The molecule has 1 aromatic carbocycles. The summed E-state index contributed by atoms with van der Waals surface area (Å²) >= 11 is 0. The SMILES string of the molecule is CC(C)(C)OC(=O)N(C(C)(C)C)S(=O)(=O)c1ccc([C@@H]2[C@@H](c3nc(C4CC4)c(C4CC4)o3)C2(C)C)cc1. The Morgan fingerprint density at radius 3 is 2.03 bits per heavy atom. The third-order valence-corrected chi connectivity index (χ3v) is 9.69. The molecule has 0 aliphatic heterocycles. The molecule has 0 spiro atoms. The van der Waals surface area contributed by atoms with Crippen molar-refractivity contribution < 1.29 is 22.4 Å². The maximum Gasteiger partial charge on any atom is 0.424 e. The highest BCUT2D eigenvalue weighted by molar-refractivity contribution is 7.89. The van der Waals surface area contributed by atoms with E-state index in [-0.39, 0.29) is 22.1 Å². The Balaban J connectivity index is 1.40. The number of rotatable bonds is 6. The van der Waals surface area contributed by atoms with E-state index in [0.717, 1.165) is 21.5 Å². The smallest absolute Gasteiger partial charge is 0.424 e. The van der Waals surface area contributed by atoms with Gasteiger partial charge in [0.2, 0.25) is 0 Å². The predicted octanol–water partition coefficient (Wildman–Crippen LogP) is 7.06. The van der Waals surface area contributed by atoms with Gasteiger partial charge in [0.25, 0.3) is 10.0 Å². The maximum absolute atomic E-state index is 13.6. The highest BCUT2D eigenvalue weighted by Gasteiger charge is 2.62. The first-order valence-corrected chi connectivity index (χ1v) is 14.8. The summed E-state index contributed by atoms with van der Waals surface area (Å²) in [5.74, 6) is 3.40. The molecule has 7 nitrogen and oxygen atoms in total. The molecule has 0 N–H and O–H groups in total. The number of carbonyl (C=O) groups is 1. The fraction of sp³-hybridized carbons (Fsp3) is 0.655. The van der Waals surface area contributed by atoms with Crippen molar-refractivity contribution in [3.63, 3.8) is 0 Å². The molecule has 3 fully saturated rings. The van der Waals surface area contributed by atoms with Crippen molar-refractivity contribution in [3.8, 4) is 0 Å². The van der Waals surface area contributed by atoms with Gasteiger partial charge in [-0.05, 0) is 90.3 Å². The number of hydrogen-bond acceptors (Lipinski definition) is 6. The highest BCUT2D eigenvalue weighted by atomic mass is 32.2. The molecule has 0 saturated heterocycles. The first-order chi connectivity index (χ1) is 17.0. The van der Waals surface area contributed by atoms with Gasteiger partial charge in [-0.15, -0.1) is 0 Å². The van der Waals surface area contributed by atoms with Crippen LogP contribution in [0.4, 0.5) is 4.79 Å². The number of aromatic nitrogens is 1. The molecule has 37 heavy (non-hydrogen) atoms. The zero-order chi connectivity index (χ0) is 27.1. The van der Waals surface area contributed by atoms with Crippen molar-refractivity contribution in [2.45, 2.75) is 121 Å². The monoisotopic (exact) mass is 528 g/mol. The van der Waals surface area contributed by atoms with E-state index < -0.39 is 27.3 Å². The number of ether oxygens (including phenoxy) is 1. The summed E-state index contributed by atoms with van der Waals surface area (Å²) in [5.41, 5.74) is 0.385. The van der Waals surface area contributed by atoms with Crippen LogP contribution in [0.5, 0.6) is 0 Å². The largest absolute Gasteiger partial charge is 0.445 e. The molecular weight excluding hydrogens is 488 g/mol. The van der Waals surface area contributed by atoms with Gasteiger partial charge in [0, 0.05) is 23.7 Å². The molecule has 8 heteroatoms. The number of amides is 1. The lowest BCUT2D eigenvalue weighted by Crippen LogP contribution is -2.51. The number of oxazole rings is 1. The molecule has 2 atom stereocenters. The van der Waals surface area contributed by atoms with Crippen molar-refractivity contribution in [1.29, 1.82) is 0 Å². The van der Waals surface area contributed by atoms with E-state index in [4.69, 9.17) is 14.1 Å². The minimum absolute atomic E-state index is 0.0408. The molecule has 5 rings (SSSR count). The topological polar surface area (TPSA) is 89.7 Å². The molecule has 3 aliphatic rings. The molecule has 3 aliphatic carbocycles. The minimum Gasteiger partial charge on any atom is -0.445 e. The van der Waals surface area contributed by atoms with E-state index in [0.29, 0.717) is 11.8 Å². The summed E-state index contributed by atoms with van der Waals surface area (Å²) < 4.78 is 39.9. The molecule has 0 bridgehead atoms. The molecule has 0 radical (unpaired) electrons. The molecule has 2 aromatic rings. The van der Waals surface area contributed by atoms with Gasteiger partial charge in [-0.3, -0.25) is 0 Å². The van der Waals surface area contributed by atoms with Crippen LogP contribution in [0.25, 0.3) is 0 Å². The van der Waals surface area contributed by atoms with Gasteiger partial charge in [-0.1, -0.05) is 26.0 Å². The molecule has 1 aromatic heterocycles. The third kappa shape index (κ3) is 4.93. The van der Waals surface area contributed by atoms with Gasteiger partial charge in [0.1, 0.15) is 11.4 Å². The van der Waals surface area contributed by atoms with Gasteiger partial charge in [-0.2, -0.15) is 4.31 Å². The van der Waals surface area contributed by atoms with E-state index >= 15 is 0 Å². The van der Waals surface area contributed by atoms with Crippen LogP contribution in [0.2, 0.25) is 0 Å². The predicted molar refractivity (Wildman–Crippen MR) is 141 cm³/mol. The Bertz CT molecular complexity index is 1270. The van der Waals surface area contributed by atoms with Crippen molar-refractivity contribution >= 4 is 16.1 Å². The Hall–Kier alpha value is -2.35. The van der Waals surface area contributed by atoms with Gasteiger partial charge in [0.15, 0.2) is 5.89 Å². The fourth-order valence-electron chi connectivity index (χ4n) is 5.49. The summed E-state index contributed by atoms with van der Waals surface area (Å²) in [5, 5.41) is 0. The lowest BCUT2D eigenvalue weighted by atomic mass is 10.0. The molecule has 3 saturated carbocycles. The second-order valence-electron chi connectivity index (χ2n) is 13.6. The fourth-order valence-corrected chi connectivity index (χ4v) is 7.14. The highest BCUT2D eigenvalue weighted by Crippen LogP contribution is 2.70. The molecule has 1 heterocycles. The number of hydrogen-bond donors (Lipinski definition) is 0. The minimum atomic E-state index is -4.13. The van der Waals surface area contributed by atoms with Crippen molar-refractivity contribution in [2.75, 3.05) is 0 Å². The molecule has 0 unspecified atom stereocenters. The van der Waals surface area contributed by atoms with Gasteiger partial charge >= 0.3 is 6.09 Å². The van der Waals surface area contributed by atoms with Crippen molar-refractivity contribution in [3.05, 3.63) is 47.2 Å². The van der Waals surface area contributed by atoms with Crippen LogP contribution in [-0.4, -0.2) is 34.9 Å². The second-order valence-corrected chi connectivity index (χ2v) is 15.4. The Kier molecular flexibility index (Phi) is 5.91. The lowest BCUT2D eigenvalue weighted by molar-refractivity contribution is 0.0282. The maximum atomic E-state index is 13.6. The van der Waals surface area contributed by atoms with Crippen LogP contribution >= 0.6 is 0 Å². The number of carbonyl (C=O) groups excluding carboxylic acids is 1. The summed E-state index contributed by atoms with van der Waals surface area (Å²) in [6.45, 7) is 14.6. The first kappa shape index (κ1) is 26.3. The zero-order valence-corrected chi connectivity index (χ0v) is 24.1. The van der Waals surface area contributed by atoms with E-state index in [2.05, 4.69) is 13.8 Å². The number of benzene rings is 1. The quantitative estimate of drug-likeness (QED) is 0.399. The van der Waals surface area contributed by atoms with Crippen LogP contribution in [0.3, 0.4) is 0 Å². The standard InChI is InChI=1S/C29H40N2O5S/c1-27(2,3)31(26(32)36-28(4,5)6)37(33,34)20-15-13-17(14-16-20)21-22(29(21,7)8)25-30-23(18-9-10-18)24(35-25)19-11-12-19/h13-16,18-19,21-22H,9-12H2,1-8H3/t21-,22+/m1/s1. The van der Waals surface area contributed by atoms with Gasteiger partial charge < -0.3 is 9.15 Å². The first-order valence-electron chi connectivity index (χ1n) is 13.4. The van der Waals surface area contributed by atoms with E-state index in [1.807, 2.05) is 12.1 Å².